The van der Waals surface area contributed by atoms with Crippen molar-refractivity contribution < 1.29 is 39.4 Å². The molecule has 1 aliphatic rings. The van der Waals surface area contributed by atoms with Gasteiger partial charge in [-0.25, -0.2) is 14.8 Å². The lowest BCUT2D eigenvalue weighted by atomic mass is 9.78. The number of carboxylic acids is 2. The molecule has 16 heteroatoms. The van der Waals surface area contributed by atoms with Crippen molar-refractivity contribution in [2.45, 2.75) is 45.0 Å². The van der Waals surface area contributed by atoms with Crippen molar-refractivity contribution in [2.24, 2.45) is 0 Å². The maximum Gasteiger partial charge on any atom is 0.475 e. The molecule has 3 rings (SSSR count). The Bertz CT molecular complexity index is 1020. The molecule has 0 spiro atoms. The highest BCUT2D eigenvalue weighted by Gasteiger charge is 2.36. The van der Waals surface area contributed by atoms with Gasteiger partial charge in [0.25, 0.3) is 0 Å². The number of likely N-dealkylation sites (tertiary alicyclic amines) is 1. The summed E-state index contributed by atoms with van der Waals surface area (Å²) in [6.45, 7) is -1.14. The Morgan fingerprint density at radius 2 is 1.54 bits per heavy atom. The molecule has 3 amide bonds. The first-order chi connectivity index (χ1) is 16.7. The van der Waals surface area contributed by atoms with Crippen LogP contribution in [0.15, 0.2) is 24.8 Å². The quantitative estimate of drug-likeness (QED) is 0.218. The minimum absolute atomic E-state index is 0.151. The molecule has 0 saturated carbocycles. The van der Waals surface area contributed by atoms with Gasteiger partial charge < -0.3 is 44.5 Å². The maximum absolute atomic E-state index is 13.0. The molecule has 2 aromatic rings. The molecule has 15 nitrogen and oxygen atoms in total. The number of aromatic nitrogens is 4. The molecule has 0 aromatic carbocycles. The van der Waals surface area contributed by atoms with E-state index in [-0.39, 0.29) is 37.8 Å². The van der Waals surface area contributed by atoms with Crippen molar-refractivity contribution >= 4 is 31.0 Å². The van der Waals surface area contributed by atoms with Gasteiger partial charge in [0.05, 0.1) is 25.6 Å². The summed E-state index contributed by atoms with van der Waals surface area (Å²) in [7, 11) is -1.69. The number of hydrogen-bond acceptors (Lipinski definition) is 8. The zero-order chi connectivity index (χ0) is 25.5. The average Bonchev–Trinajstić information content (AvgIpc) is 3.53. The molecule has 0 bridgehead atoms. The number of carboxylic acid groups (broad SMARTS) is 2. The van der Waals surface area contributed by atoms with Crippen LogP contribution in [0.1, 0.15) is 24.5 Å². The normalized spacial score (nSPS) is 15.1. The average molecular weight is 491 g/mol. The first-order valence-corrected chi connectivity index (χ1v) is 10.8. The van der Waals surface area contributed by atoms with E-state index in [1.165, 1.54) is 43.7 Å². The molecule has 1 fully saturated rings. The summed E-state index contributed by atoms with van der Waals surface area (Å²) in [6, 6.07) is -0.701. The lowest BCUT2D eigenvalue weighted by molar-refractivity contribution is -0.138. The molecule has 0 aliphatic carbocycles. The molecular weight excluding hydrogens is 465 g/mol. The Morgan fingerprint density at radius 1 is 1.00 bits per heavy atom. The third-order valence-electron chi connectivity index (χ3n) is 5.52. The van der Waals surface area contributed by atoms with Crippen molar-refractivity contribution in [3.63, 3.8) is 0 Å². The number of imidazole rings is 2. The van der Waals surface area contributed by atoms with Crippen LogP contribution in [0.2, 0.25) is 0 Å². The predicted molar refractivity (Wildman–Crippen MR) is 117 cm³/mol. The molecule has 0 radical (unpaired) electrons. The number of amides is 3. The summed E-state index contributed by atoms with van der Waals surface area (Å²) in [5.74, 6) is -2.93. The van der Waals surface area contributed by atoms with Gasteiger partial charge in [0.2, 0.25) is 5.91 Å². The highest BCUT2D eigenvalue weighted by molar-refractivity contribution is 6.43. The molecule has 1 saturated heterocycles. The number of nitrogens with zero attached hydrogens (tertiary/aromatic N) is 6. The van der Waals surface area contributed by atoms with E-state index in [4.69, 9.17) is 10.2 Å². The fraction of sp³-hybridized carbons (Fsp3) is 0.474. The second kappa shape index (κ2) is 11.5. The van der Waals surface area contributed by atoms with Crippen LogP contribution in [-0.2, 0) is 40.6 Å². The van der Waals surface area contributed by atoms with Gasteiger partial charge in [-0.15, -0.1) is 0 Å². The van der Waals surface area contributed by atoms with Gasteiger partial charge in [-0.05, 0) is 12.8 Å². The van der Waals surface area contributed by atoms with Crippen LogP contribution in [0.5, 0.6) is 0 Å². The van der Waals surface area contributed by atoms with E-state index in [0.29, 0.717) is 19.4 Å². The molecule has 1 unspecified atom stereocenters. The molecule has 188 valence electrons. The zero-order valence-electron chi connectivity index (χ0n) is 18.7. The second-order valence-corrected chi connectivity index (χ2v) is 7.96. The van der Waals surface area contributed by atoms with Gasteiger partial charge in [-0.2, -0.15) is 0 Å². The number of urea groups is 1. The van der Waals surface area contributed by atoms with Gasteiger partial charge >= 0.3 is 25.1 Å². The van der Waals surface area contributed by atoms with E-state index < -0.39 is 43.5 Å². The van der Waals surface area contributed by atoms with Crippen molar-refractivity contribution in [3.8, 4) is 0 Å². The van der Waals surface area contributed by atoms with Gasteiger partial charge in [-0.1, -0.05) is 0 Å². The molecule has 3 heterocycles. The number of hydrogen-bond donors (Lipinski definition) is 5. The van der Waals surface area contributed by atoms with E-state index in [9.17, 15) is 29.2 Å². The van der Waals surface area contributed by atoms with Crippen LogP contribution >= 0.6 is 0 Å². The van der Waals surface area contributed by atoms with Crippen molar-refractivity contribution in [3.05, 3.63) is 36.4 Å². The van der Waals surface area contributed by atoms with Gasteiger partial charge in [-0.3, -0.25) is 14.4 Å². The first-order valence-electron chi connectivity index (χ1n) is 10.8. The minimum atomic E-state index is -1.69. The van der Waals surface area contributed by atoms with Crippen LogP contribution in [0.3, 0.4) is 0 Å². The first kappa shape index (κ1) is 25.7. The van der Waals surface area contributed by atoms with Crippen LogP contribution < -0.4 is 5.32 Å². The predicted octanol–water partition coefficient (Wildman–Crippen LogP) is -2.04. The van der Waals surface area contributed by atoms with Crippen LogP contribution in [0.4, 0.5) is 4.79 Å². The number of aliphatic carboxylic acids is 2. The Morgan fingerprint density at radius 3 is 2.03 bits per heavy atom. The molecule has 35 heavy (non-hydrogen) atoms. The van der Waals surface area contributed by atoms with E-state index in [2.05, 4.69) is 15.3 Å². The minimum Gasteiger partial charge on any atom is -0.480 e. The van der Waals surface area contributed by atoms with E-state index in [0.717, 1.165) is 0 Å². The summed E-state index contributed by atoms with van der Waals surface area (Å²) in [6.07, 6.45) is 6.70. The van der Waals surface area contributed by atoms with Gasteiger partial charge in [0.1, 0.15) is 24.7 Å². The summed E-state index contributed by atoms with van der Waals surface area (Å²) in [5.41, 5.74) is 0. The van der Waals surface area contributed by atoms with Gasteiger partial charge in [0, 0.05) is 31.3 Å². The lowest BCUT2D eigenvalue weighted by Crippen LogP contribution is -2.50. The Balaban J connectivity index is 1.74. The third-order valence-corrected chi connectivity index (χ3v) is 5.52. The second-order valence-electron chi connectivity index (χ2n) is 7.96. The van der Waals surface area contributed by atoms with Gasteiger partial charge in [0.15, 0.2) is 0 Å². The fourth-order valence-corrected chi connectivity index (χ4v) is 3.88. The van der Waals surface area contributed by atoms with Crippen LogP contribution in [0, 0.1) is 0 Å². The maximum atomic E-state index is 13.0. The molecule has 2 aromatic heterocycles. The Labute approximate surface area is 199 Å². The standard InChI is InChI=1S/C19H26BN7O8/c28-16(27-5-1-2-13(27)20(34)35)8-23-19(33)26(9-14-21-3-6-24(14)11-17(29)30)10-15-22-4-7-25(15)12-18(31)32/h3-4,6-7,13,34-35H,1-2,5,8-12H2,(H,23,33)(H,29,30)(H,31,32). The van der Waals surface area contributed by atoms with E-state index in [1.807, 2.05) is 0 Å². The van der Waals surface area contributed by atoms with Crippen molar-refractivity contribution in [1.82, 2.24) is 34.2 Å². The number of rotatable bonds is 11. The Kier molecular flexibility index (Phi) is 8.43. The van der Waals surface area contributed by atoms with Crippen molar-refractivity contribution in [1.29, 1.82) is 0 Å². The summed E-state index contributed by atoms with van der Waals surface area (Å²) >= 11 is 0. The zero-order valence-corrected chi connectivity index (χ0v) is 18.7. The lowest BCUT2D eigenvalue weighted by Gasteiger charge is -2.26. The van der Waals surface area contributed by atoms with Crippen LogP contribution in [0.25, 0.3) is 0 Å². The number of carbonyl (C=O) groups excluding carboxylic acids is 2. The molecular formula is C19H26BN7O8. The van der Waals surface area contributed by atoms with Crippen molar-refractivity contribution in [2.75, 3.05) is 13.1 Å². The third kappa shape index (κ3) is 6.80. The van der Waals surface area contributed by atoms with Crippen LogP contribution in [-0.4, -0.2) is 99.2 Å². The molecule has 5 N–H and O–H groups in total. The topological polar surface area (TPSA) is 203 Å². The monoisotopic (exact) mass is 491 g/mol. The molecule has 1 aliphatic heterocycles. The summed E-state index contributed by atoms with van der Waals surface area (Å²) in [5, 5.41) is 39.6. The summed E-state index contributed by atoms with van der Waals surface area (Å²) in [4.78, 5) is 58.6. The van der Waals surface area contributed by atoms with E-state index >= 15 is 0 Å². The fourth-order valence-electron chi connectivity index (χ4n) is 3.88. The highest BCUT2D eigenvalue weighted by atomic mass is 16.4. The Hall–Kier alpha value is -3.92. The SMILES string of the molecule is O=C(O)Cn1ccnc1CN(Cc1nccn1CC(=O)O)C(=O)NCC(=O)N1CCCC1B(O)O. The van der Waals surface area contributed by atoms with E-state index in [1.54, 1.807) is 0 Å². The largest absolute Gasteiger partial charge is 0.480 e. The summed E-state index contributed by atoms with van der Waals surface area (Å²) < 4.78 is 2.68. The number of carbonyl (C=O) groups is 4. The number of nitrogens with one attached hydrogen (secondary N) is 1. The smallest absolute Gasteiger partial charge is 0.475 e. The molecule has 1 atom stereocenters. The highest BCUT2D eigenvalue weighted by Crippen LogP contribution is 2.18.